The van der Waals surface area contributed by atoms with Crippen LogP contribution in [-0.4, -0.2) is 21.9 Å². The van der Waals surface area contributed by atoms with Crippen molar-refractivity contribution in [2.75, 3.05) is 0 Å². The van der Waals surface area contributed by atoms with Crippen molar-refractivity contribution in [1.29, 1.82) is 0 Å². The minimum atomic E-state index is -0.894. The Morgan fingerprint density at radius 1 is 0.905 bits per heavy atom. The molecule has 6 heteroatoms. The van der Waals surface area contributed by atoms with Crippen LogP contribution in [0.1, 0.15) is 78.1 Å². The fraction of sp³-hybridized carbons (Fsp3) is 0.933. The molecular formula is C15H29N2O4. The standard InChI is InChI=1S/C15H29N2O4/c1-3-4-5-6-7-8-9-10-11-12-15(17(20)21)13-14(2)16(18)19/h12,14-15H,3-11,13H2,1-2H3. The smallest absolute Gasteiger partial charge is 0.223 e. The molecule has 0 heterocycles. The highest BCUT2D eigenvalue weighted by Crippen LogP contribution is 2.14. The van der Waals surface area contributed by atoms with E-state index in [1.54, 1.807) is 6.42 Å². The van der Waals surface area contributed by atoms with Gasteiger partial charge in [-0.25, -0.2) is 0 Å². The molecular weight excluding hydrogens is 272 g/mol. The van der Waals surface area contributed by atoms with Crippen molar-refractivity contribution in [2.24, 2.45) is 0 Å². The molecule has 0 bridgehead atoms. The molecule has 0 aromatic heterocycles. The molecule has 1 radical (unpaired) electrons. The maximum atomic E-state index is 10.9. The fourth-order valence-corrected chi connectivity index (χ4v) is 2.29. The largest absolute Gasteiger partial charge is 0.264 e. The lowest BCUT2D eigenvalue weighted by Crippen LogP contribution is -2.28. The maximum absolute atomic E-state index is 10.9. The molecule has 0 spiro atoms. The minimum absolute atomic E-state index is 0.0168. The van der Waals surface area contributed by atoms with Gasteiger partial charge < -0.3 is 0 Å². The van der Waals surface area contributed by atoms with E-state index in [9.17, 15) is 20.2 Å². The summed E-state index contributed by atoms with van der Waals surface area (Å²) in [7, 11) is 0. The van der Waals surface area contributed by atoms with Crippen LogP contribution in [0.25, 0.3) is 0 Å². The van der Waals surface area contributed by atoms with Crippen LogP contribution in [-0.2, 0) is 0 Å². The molecule has 2 unspecified atom stereocenters. The van der Waals surface area contributed by atoms with E-state index in [1.165, 1.54) is 45.4 Å². The van der Waals surface area contributed by atoms with Crippen LogP contribution in [0.15, 0.2) is 0 Å². The molecule has 0 aromatic carbocycles. The van der Waals surface area contributed by atoms with Gasteiger partial charge in [-0.1, -0.05) is 58.3 Å². The SMILES string of the molecule is CCCCCCCCCC[CH]C(CC(C)[N+](=O)[O-])[N+](=O)[O-]. The van der Waals surface area contributed by atoms with Gasteiger partial charge in [-0.15, -0.1) is 0 Å². The summed E-state index contributed by atoms with van der Waals surface area (Å²) in [6.45, 7) is 3.61. The third-order valence-corrected chi connectivity index (χ3v) is 3.71. The van der Waals surface area contributed by atoms with Gasteiger partial charge in [0.25, 0.3) is 0 Å². The minimum Gasteiger partial charge on any atom is -0.264 e. The highest BCUT2D eigenvalue weighted by Gasteiger charge is 2.28. The Bertz CT molecular complexity index is 297. The van der Waals surface area contributed by atoms with Crippen LogP contribution in [0.4, 0.5) is 0 Å². The van der Waals surface area contributed by atoms with Gasteiger partial charge in [-0.05, 0) is 6.42 Å². The summed E-state index contributed by atoms with van der Waals surface area (Å²) in [5.41, 5.74) is 0. The van der Waals surface area contributed by atoms with E-state index in [-0.39, 0.29) is 6.42 Å². The lowest BCUT2D eigenvalue weighted by Gasteiger charge is -2.10. The van der Waals surface area contributed by atoms with Gasteiger partial charge in [0, 0.05) is 23.2 Å². The first-order valence-electron chi connectivity index (χ1n) is 8.09. The molecule has 123 valence electrons. The first-order valence-corrected chi connectivity index (χ1v) is 8.09. The van der Waals surface area contributed by atoms with Crippen LogP contribution in [0, 0.1) is 26.6 Å². The van der Waals surface area contributed by atoms with Crippen molar-refractivity contribution in [1.82, 2.24) is 0 Å². The second-order valence-electron chi connectivity index (χ2n) is 5.72. The Labute approximate surface area is 127 Å². The van der Waals surface area contributed by atoms with Crippen LogP contribution in [0.5, 0.6) is 0 Å². The summed E-state index contributed by atoms with van der Waals surface area (Å²) >= 11 is 0. The van der Waals surface area contributed by atoms with Crippen molar-refractivity contribution >= 4 is 0 Å². The third-order valence-electron chi connectivity index (χ3n) is 3.71. The Balaban J connectivity index is 3.66. The monoisotopic (exact) mass is 301 g/mol. The Morgan fingerprint density at radius 2 is 1.43 bits per heavy atom. The molecule has 0 N–H and O–H groups in total. The molecule has 0 aliphatic rings. The van der Waals surface area contributed by atoms with Crippen molar-refractivity contribution in [3.63, 3.8) is 0 Å². The number of hydrogen-bond acceptors (Lipinski definition) is 4. The predicted octanol–water partition coefficient (Wildman–Crippen LogP) is 4.42. The Hall–Kier alpha value is -1.20. The molecule has 0 saturated heterocycles. The number of nitro groups is 2. The average molecular weight is 301 g/mol. The molecule has 0 aliphatic heterocycles. The van der Waals surface area contributed by atoms with Crippen molar-refractivity contribution in [3.8, 4) is 0 Å². The Kier molecular flexibility index (Phi) is 11.8. The molecule has 0 fully saturated rings. The number of nitrogens with zero attached hydrogens (tertiary/aromatic N) is 2. The average Bonchev–Trinajstić information content (AvgIpc) is 2.43. The van der Waals surface area contributed by atoms with E-state index in [2.05, 4.69) is 6.92 Å². The second kappa shape index (κ2) is 12.5. The summed E-state index contributed by atoms with van der Waals surface area (Å²) in [5.74, 6) is 0. The second-order valence-corrected chi connectivity index (χ2v) is 5.72. The molecule has 0 aromatic rings. The highest BCUT2D eigenvalue weighted by molar-refractivity contribution is 4.78. The first-order chi connectivity index (χ1) is 9.99. The van der Waals surface area contributed by atoms with Crippen molar-refractivity contribution in [3.05, 3.63) is 26.6 Å². The van der Waals surface area contributed by atoms with Gasteiger partial charge in [0.1, 0.15) is 0 Å². The molecule has 6 nitrogen and oxygen atoms in total. The lowest BCUT2D eigenvalue weighted by molar-refractivity contribution is -0.553. The third kappa shape index (κ3) is 11.2. The lowest BCUT2D eigenvalue weighted by atomic mass is 10.0. The van der Waals surface area contributed by atoms with E-state index in [4.69, 9.17) is 0 Å². The van der Waals surface area contributed by atoms with E-state index < -0.39 is 21.9 Å². The zero-order valence-electron chi connectivity index (χ0n) is 13.3. The van der Waals surface area contributed by atoms with Gasteiger partial charge in [-0.3, -0.25) is 20.2 Å². The highest BCUT2D eigenvalue weighted by atomic mass is 16.6. The van der Waals surface area contributed by atoms with Crippen molar-refractivity contribution in [2.45, 2.75) is 90.1 Å². The van der Waals surface area contributed by atoms with E-state index in [1.807, 2.05) is 0 Å². The first kappa shape index (κ1) is 19.8. The summed E-state index contributed by atoms with van der Waals surface area (Å²) in [5, 5.41) is 21.4. The van der Waals surface area contributed by atoms with Gasteiger partial charge in [0.2, 0.25) is 12.1 Å². The quantitative estimate of drug-likeness (QED) is 0.270. The van der Waals surface area contributed by atoms with Crippen LogP contribution in [0.3, 0.4) is 0 Å². The van der Waals surface area contributed by atoms with Crippen molar-refractivity contribution < 1.29 is 9.85 Å². The number of rotatable bonds is 14. The molecule has 21 heavy (non-hydrogen) atoms. The molecule has 0 rings (SSSR count). The molecule has 2 atom stereocenters. The Morgan fingerprint density at radius 3 is 1.90 bits per heavy atom. The van der Waals surface area contributed by atoms with Gasteiger partial charge in [-0.2, -0.15) is 0 Å². The topological polar surface area (TPSA) is 86.3 Å². The van der Waals surface area contributed by atoms with Crippen LogP contribution in [0.2, 0.25) is 0 Å². The van der Waals surface area contributed by atoms with Gasteiger partial charge in [0.15, 0.2) is 0 Å². The van der Waals surface area contributed by atoms with Gasteiger partial charge >= 0.3 is 0 Å². The van der Waals surface area contributed by atoms with E-state index >= 15 is 0 Å². The maximum Gasteiger partial charge on any atom is 0.223 e. The predicted molar refractivity (Wildman–Crippen MR) is 83.4 cm³/mol. The molecule has 0 saturated carbocycles. The molecule has 0 aliphatic carbocycles. The van der Waals surface area contributed by atoms with Crippen LogP contribution < -0.4 is 0 Å². The van der Waals surface area contributed by atoms with E-state index in [0.29, 0.717) is 6.42 Å². The summed E-state index contributed by atoms with van der Waals surface area (Å²) in [6.07, 6.45) is 11.8. The summed E-state index contributed by atoms with van der Waals surface area (Å²) in [4.78, 5) is 20.6. The number of hydrogen-bond donors (Lipinski definition) is 0. The van der Waals surface area contributed by atoms with E-state index in [0.717, 1.165) is 12.8 Å². The zero-order valence-corrected chi connectivity index (χ0v) is 13.3. The van der Waals surface area contributed by atoms with Crippen LogP contribution >= 0.6 is 0 Å². The zero-order chi connectivity index (χ0) is 16.1. The normalized spacial score (nSPS) is 13.8. The number of unbranched alkanes of at least 4 members (excludes halogenated alkanes) is 8. The van der Waals surface area contributed by atoms with Gasteiger partial charge in [0.05, 0.1) is 6.42 Å². The summed E-state index contributed by atoms with van der Waals surface area (Å²) in [6, 6.07) is -1.76. The molecule has 0 amide bonds. The fourth-order valence-electron chi connectivity index (χ4n) is 2.29. The summed E-state index contributed by atoms with van der Waals surface area (Å²) < 4.78 is 0.